The van der Waals surface area contributed by atoms with Crippen molar-refractivity contribution >= 4 is 5.84 Å². The Bertz CT molecular complexity index is 442. The van der Waals surface area contributed by atoms with Gasteiger partial charge in [-0.25, -0.2) is 0 Å². The van der Waals surface area contributed by atoms with Crippen molar-refractivity contribution in [1.29, 1.82) is 0 Å². The van der Waals surface area contributed by atoms with Gasteiger partial charge in [0.15, 0.2) is 17.3 Å². The molecule has 0 unspecified atom stereocenters. The van der Waals surface area contributed by atoms with E-state index < -0.39 is 46.6 Å². The zero-order chi connectivity index (χ0) is 13.2. The molecule has 0 aliphatic heterocycles. The lowest BCUT2D eigenvalue weighted by Crippen LogP contribution is -2.21. The minimum Gasteiger partial charge on any atom is -0.504 e. The zero-order valence-electron chi connectivity index (χ0n) is 8.28. The highest BCUT2D eigenvalue weighted by molar-refractivity contribution is 5.85. The maximum absolute atomic E-state index is 9.40. The van der Waals surface area contributed by atoms with Crippen LogP contribution in [0.5, 0.6) is 28.7 Å². The van der Waals surface area contributed by atoms with Gasteiger partial charge in [-0.15, -0.1) is 0 Å². The monoisotopic (exact) mass is 246 g/mol. The van der Waals surface area contributed by atoms with Gasteiger partial charge in [-0.1, -0.05) is 5.16 Å². The van der Waals surface area contributed by atoms with E-state index in [1.807, 2.05) is 0 Å². The number of phenols is 5. The Kier molecular flexibility index (Phi) is 3.34. The Labute approximate surface area is 94.1 Å². The summed E-state index contributed by atoms with van der Waals surface area (Å²) in [6, 6.07) is 0. The molecule has 0 aliphatic carbocycles. The SMILES string of the molecule is ON=C(Cc1c(O)c(O)c(O)c(O)c1O)NO. The van der Waals surface area contributed by atoms with Gasteiger partial charge in [0.05, 0.1) is 5.56 Å². The summed E-state index contributed by atoms with van der Waals surface area (Å²) in [6.45, 7) is 0. The number of oxime groups is 1. The maximum Gasteiger partial charge on any atom is 0.208 e. The van der Waals surface area contributed by atoms with Crippen LogP contribution >= 0.6 is 0 Å². The molecule has 1 rings (SSSR count). The summed E-state index contributed by atoms with van der Waals surface area (Å²) in [6.07, 6.45) is -0.536. The van der Waals surface area contributed by atoms with Gasteiger partial charge in [0, 0.05) is 6.42 Å². The predicted molar refractivity (Wildman–Crippen MR) is 52.6 cm³/mol. The molecule has 0 atom stereocenters. The Morgan fingerprint density at radius 3 is 1.65 bits per heavy atom. The number of phenolic OH excluding ortho intramolecular Hbond substituents is 5. The van der Waals surface area contributed by atoms with E-state index in [0.29, 0.717) is 0 Å². The number of hydrogen-bond acceptors (Lipinski definition) is 8. The van der Waals surface area contributed by atoms with Crippen LogP contribution in [-0.2, 0) is 6.42 Å². The molecule has 0 saturated heterocycles. The molecule has 0 bridgehead atoms. The van der Waals surface area contributed by atoms with Crippen molar-refractivity contribution in [1.82, 2.24) is 5.48 Å². The molecule has 8 N–H and O–H groups in total. The lowest BCUT2D eigenvalue weighted by molar-refractivity contribution is 0.220. The Morgan fingerprint density at radius 1 is 0.882 bits per heavy atom. The number of hydroxylamine groups is 1. The van der Waals surface area contributed by atoms with Crippen molar-refractivity contribution in [2.75, 3.05) is 0 Å². The Balaban J connectivity index is 3.34. The molecule has 1 aromatic rings. The molecule has 9 heteroatoms. The van der Waals surface area contributed by atoms with Crippen molar-refractivity contribution in [3.8, 4) is 28.7 Å². The first-order chi connectivity index (χ1) is 7.93. The van der Waals surface area contributed by atoms with Crippen LogP contribution in [0, 0.1) is 0 Å². The van der Waals surface area contributed by atoms with E-state index in [4.69, 9.17) is 15.5 Å². The van der Waals surface area contributed by atoms with E-state index in [1.165, 1.54) is 5.48 Å². The van der Waals surface area contributed by atoms with E-state index in [2.05, 4.69) is 5.16 Å². The number of nitrogens with one attached hydrogen (secondary N) is 1. The smallest absolute Gasteiger partial charge is 0.208 e. The van der Waals surface area contributed by atoms with Crippen molar-refractivity contribution in [2.45, 2.75) is 6.42 Å². The second-order valence-electron chi connectivity index (χ2n) is 3.06. The first-order valence-electron chi connectivity index (χ1n) is 4.22. The van der Waals surface area contributed by atoms with Crippen LogP contribution in [-0.4, -0.2) is 41.8 Å². The van der Waals surface area contributed by atoms with Crippen molar-refractivity contribution < 1.29 is 35.9 Å². The number of nitrogens with zero attached hydrogens (tertiary/aromatic N) is 1. The summed E-state index contributed by atoms with van der Waals surface area (Å²) in [5.74, 6) is -5.51. The fourth-order valence-corrected chi connectivity index (χ4v) is 1.17. The first kappa shape index (κ1) is 12.5. The van der Waals surface area contributed by atoms with Gasteiger partial charge in [-0.3, -0.25) is 10.7 Å². The van der Waals surface area contributed by atoms with Gasteiger partial charge >= 0.3 is 0 Å². The summed E-state index contributed by atoms with van der Waals surface area (Å²) in [4.78, 5) is 0. The van der Waals surface area contributed by atoms with E-state index in [-0.39, 0.29) is 0 Å². The molecule has 0 aliphatic rings. The van der Waals surface area contributed by atoms with Crippen LogP contribution < -0.4 is 5.48 Å². The largest absolute Gasteiger partial charge is 0.504 e. The predicted octanol–water partition coefficient (Wildman–Crippen LogP) is -0.476. The molecule has 0 saturated carbocycles. The molecule has 17 heavy (non-hydrogen) atoms. The summed E-state index contributed by atoms with van der Waals surface area (Å²) in [5.41, 5.74) is 1.01. The third-order valence-corrected chi connectivity index (χ3v) is 2.06. The molecule has 0 heterocycles. The summed E-state index contributed by atoms with van der Waals surface area (Å²) < 4.78 is 0. The number of hydrogen-bond donors (Lipinski definition) is 8. The van der Waals surface area contributed by atoms with E-state index >= 15 is 0 Å². The Morgan fingerprint density at radius 2 is 1.29 bits per heavy atom. The second-order valence-corrected chi connectivity index (χ2v) is 3.06. The van der Waals surface area contributed by atoms with Crippen LogP contribution in [0.2, 0.25) is 0 Å². The third-order valence-electron chi connectivity index (χ3n) is 2.06. The molecule has 0 aromatic heterocycles. The minimum absolute atomic E-state index is 0.452. The fourth-order valence-electron chi connectivity index (χ4n) is 1.17. The molecule has 0 fully saturated rings. The number of aromatic hydroxyl groups is 5. The van der Waals surface area contributed by atoms with Crippen LogP contribution in [0.3, 0.4) is 0 Å². The number of rotatable bonds is 2. The molecule has 0 amide bonds. The molecule has 0 radical (unpaired) electrons. The van der Waals surface area contributed by atoms with E-state index in [1.54, 1.807) is 0 Å². The summed E-state index contributed by atoms with van der Waals surface area (Å²) in [5, 5.41) is 65.7. The van der Waals surface area contributed by atoms with Crippen LogP contribution in [0.25, 0.3) is 0 Å². The standard InChI is InChI=1S/C8H10N2O7/c11-4-2(1-3(9-16)10-17)5(12)7(14)8(15)6(4)13/h11-17H,1H2,(H,9,10). The molecular weight excluding hydrogens is 236 g/mol. The molecular formula is C8H10N2O7. The van der Waals surface area contributed by atoms with Crippen LogP contribution in [0.4, 0.5) is 0 Å². The highest BCUT2D eigenvalue weighted by atomic mass is 16.5. The van der Waals surface area contributed by atoms with E-state index in [0.717, 1.165) is 0 Å². The van der Waals surface area contributed by atoms with Crippen LogP contribution in [0.1, 0.15) is 5.56 Å². The number of benzene rings is 1. The topological polar surface area (TPSA) is 166 Å². The second kappa shape index (κ2) is 4.53. The van der Waals surface area contributed by atoms with Crippen molar-refractivity contribution in [3.05, 3.63) is 5.56 Å². The lowest BCUT2D eigenvalue weighted by Gasteiger charge is -2.12. The minimum atomic E-state index is -1.09. The molecule has 0 spiro atoms. The van der Waals surface area contributed by atoms with Gasteiger partial charge in [0.1, 0.15) is 0 Å². The average molecular weight is 246 g/mol. The van der Waals surface area contributed by atoms with Crippen molar-refractivity contribution in [3.63, 3.8) is 0 Å². The van der Waals surface area contributed by atoms with E-state index in [9.17, 15) is 20.4 Å². The van der Waals surface area contributed by atoms with Gasteiger partial charge < -0.3 is 30.7 Å². The third kappa shape index (κ3) is 2.03. The zero-order valence-corrected chi connectivity index (χ0v) is 8.28. The highest BCUT2D eigenvalue weighted by Crippen LogP contribution is 2.50. The summed E-state index contributed by atoms with van der Waals surface area (Å²) in [7, 11) is 0. The normalized spacial score (nSPS) is 11.5. The van der Waals surface area contributed by atoms with Crippen LogP contribution in [0.15, 0.2) is 5.16 Å². The van der Waals surface area contributed by atoms with Gasteiger partial charge in [0.2, 0.25) is 17.2 Å². The van der Waals surface area contributed by atoms with Gasteiger partial charge in [0.25, 0.3) is 0 Å². The van der Waals surface area contributed by atoms with Gasteiger partial charge in [-0.2, -0.15) is 0 Å². The quantitative estimate of drug-likeness (QED) is 0.0864. The average Bonchev–Trinajstić information content (AvgIpc) is 2.34. The maximum atomic E-state index is 9.40. The Hall–Kier alpha value is -2.55. The lowest BCUT2D eigenvalue weighted by atomic mass is 10.1. The molecule has 94 valence electrons. The first-order valence-corrected chi connectivity index (χ1v) is 4.22. The fraction of sp³-hybridized carbons (Fsp3) is 0.125. The summed E-state index contributed by atoms with van der Waals surface area (Å²) >= 11 is 0. The van der Waals surface area contributed by atoms with Crippen molar-refractivity contribution in [2.24, 2.45) is 5.16 Å². The molecule has 1 aromatic carbocycles. The highest BCUT2D eigenvalue weighted by Gasteiger charge is 2.24. The molecule has 9 nitrogen and oxygen atoms in total. The number of amidine groups is 1. The van der Waals surface area contributed by atoms with Gasteiger partial charge in [-0.05, 0) is 0 Å².